The minimum absolute atomic E-state index is 0.242. The Morgan fingerprint density at radius 3 is 2.47 bits per heavy atom. The van der Waals surface area contributed by atoms with E-state index in [1.165, 1.54) is 6.07 Å². The molecule has 0 aliphatic carbocycles. The van der Waals surface area contributed by atoms with Crippen molar-refractivity contribution in [1.29, 1.82) is 5.41 Å². The van der Waals surface area contributed by atoms with Crippen LogP contribution in [0.2, 0.25) is 0 Å². The maximum Gasteiger partial charge on any atom is 0.131 e. The second kappa shape index (κ2) is 4.97. The average Bonchev–Trinajstić information content (AvgIpc) is 2.48. The van der Waals surface area contributed by atoms with E-state index in [0.29, 0.717) is 37.5 Å². The van der Waals surface area contributed by atoms with Crippen LogP contribution in [0.25, 0.3) is 10.8 Å². The lowest BCUT2D eigenvalue weighted by Crippen LogP contribution is -2.40. The largest absolute Gasteiger partial charge is 0.378 e. The van der Waals surface area contributed by atoms with Gasteiger partial charge in [-0.3, -0.25) is 5.41 Å². The van der Waals surface area contributed by atoms with Crippen LogP contribution < -0.4 is 0 Å². The first kappa shape index (κ1) is 12.1. The van der Waals surface area contributed by atoms with Crippen molar-refractivity contribution in [2.24, 2.45) is 0 Å². The van der Waals surface area contributed by atoms with Gasteiger partial charge in [-0.15, -0.1) is 0 Å². The van der Waals surface area contributed by atoms with Crippen LogP contribution in [-0.4, -0.2) is 37.0 Å². The predicted molar refractivity (Wildman–Crippen MR) is 73.1 cm³/mol. The van der Waals surface area contributed by atoms with Gasteiger partial charge in [0.1, 0.15) is 11.7 Å². The second-order valence-electron chi connectivity index (χ2n) is 4.59. The standard InChI is InChI=1S/C15H15FN2O/c16-14-6-5-13(11-3-1-2-4-12(11)14)15(17)18-7-9-19-10-8-18/h1-6,17H,7-10H2. The molecule has 1 fully saturated rings. The monoisotopic (exact) mass is 258 g/mol. The molecule has 1 aliphatic rings. The molecule has 0 atom stereocenters. The summed E-state index contributed by atoms with van der Waals surface area (Å²) >= 11 is 0. The molecule has 0 bridgehead atoms. The van der Waals surface area contributed by atoms with Crippen molar-refractivity contribution in [3.8, 4) is 0 Å². The maximum atomic E-state index is 13.8. The molecule has 0 spiro atoms. The van der Waals surface area contributed by atoms with E-state index in [2.05, 4.69) is 0 Å². The van der Waals surface area contributed by atoms with E-state index in [4.69, 9.17) is 10.1 Å². The molecule has 1 N–H and O–H groups in total. The number of fused-ring (bicyclic) bond motifs is 1. The molecule has 3 rings (SSSR count). The molecule has 98 valence electrons. The van der Waals surface area contributed by atoms with Gasteiger partial charge in [-0.2, -0.15) is 0 Å². The first-order valence-electron chi connectivity index (χ1n) is 6.36. The van der Waals surface area contributed by atoms with E-state index in [-0.39, 0.29) is 5.82 Å². The van der Waals surface area contributed by atoms with Crippen molar-refractivity contribution in [2.45, 2.75) is 0 Å². The van der Waals surface area contributed by atoms with Crippen LogP contribution >= 0.6 is 0 Å². The van der Waals surface area contributed by atoms with Gasteiger partial charge in [0.05, 0.1) is 13.2 Å². The number of hydrogen-bond donors (Lipinski definition) is 1. The number of nitrogens with one attached hydrogen (secondary N) is 1. The normalized spacial score (nSPS) is 15.7. The molecule has 2 aromatic rings. The Hall–Kier alpha value is -1.94. The van der Waals surface area contributed by atoms with Crippen LogP contribution in [0.1, 0.15) is 5.56 Å². The van der Waals surface area contributed by atoms with Gasteiger partial charge < -0.3 is 9.64 Å². The molecule has 0 amide bonds. The molecule has 0 saturated carbocycles. The third-order valence-electron chi connectivity index (χ3n) is 3.45. The fraction of sp³-hybridized carbons (Fsp3) is 0.267. The van der Waals surface area contributed by atoms with E-state index < -0.39 is 0 Å². The number of amidine groups is 1. The van der Waals surface area contributed by atoms with E-state index in [9.17, 15) is 4.39 Å². The van der Waals surface area contributed by atoms with Crippen molar-refractivity contribution < 1.29 is 9.13 Å². The summed E-state index contributed by atoms with van der Waals surface area (Å²) < 4.78 is 19.1. The van der Waals surface area contributed by atoms with Gasteiger partial charge in [-0.25, -0.2) is 4.39 Å². The number of hydrogen-bond acceptors (Lipinski definition) is 2. The van der Waals surface area contributed by atoms with E-state index in [1.54, 1.807) is 12.1 Å². The third kappa shape index (κ3) is 2.19. The highest BCUT2D eigenvalue weighted by atomic mass is 19.1. The summed E-state index contributed by atoms with van der Waals surface area (Å²) in [5.41, 5.74) is 0.777. The van der Waals surface area contributed by atoms with Crippen LogP contribution in [-0.2, 0) is 4.74 Å². The minimum atomic E-state index is -0.242. The number of ether oxygens (including phenoxy) is 1. The highest BCUT2D eigenvalue weighted by Gasteiger charge is 2.17. The zero-order valence-corrected chi connectivity index (χ0v) is 10.5. The number of morpholine rings is 1. The molecule has 2 aromatic carbocycles. The number of rotatable bonds is 1. The molecule has 1 aliphatic heterocycles. The lowest BCUT2D eigenvalue weighted by molar-refractivity contribution is 0.0680. The highest BCUT2D eigenvalue weighted by Crippen LogP contribution is 2.23. The Balaban J connectivity index is 2.05. The summed E-state index contributed by atoms with van der Waals surface area (Å²) in [5.74, 6) is 0.202. The number of benzene rings is 2. The highest BCUT2D eigenvalue weighted by molar-refractivity contribution is 6.08. The number of halogens is 1. The third-order valence-corrected chi connectivity index (χ3v) is 3.45. The molecular formula is C15H15FN2O. The smallest absolute Gasteiger partial charge is 0.131 e. The van der Waals surface area contributed by atoms with Gasteiger partial charge in [0, 0.05) is 24.0 Å². The molecule has 4 heteroatoms. The zero-order valence-electron chi connectivity index (χ0n) is 10.5. The van der Waals surface area contributed by atoms with Crippen molar-refractivity contribution in [3.63, 3.8) is 0 Å². The Bertz CT molecular complexity index is 621. The Morgan fingerprint density at radius 1 is 1.05 bits per heavy atom. The summed E-state index contributed by atoms with van der Waals surface area (Å²) in [6.07, 6.45) is 0. The summed E-state index contributed by atoms with van der Waals surface area (Å²) in [6, 6.07) is 10.4. The lowest BCUT2D eigenvalue weighted by Gasteiger charge is -2.29. The van der Waals surface area contributed by atoms with Crippen molar-refractivity contribution in [1.82, 2.24) is 4.90 Å². The Labute approximate surface area is 111 Å². The average molecular weight is 258 g/mol. The van der Waals surface area contributed by atoms with Crippen LogP contribution in [0.5, 0.6) is 0 Å². The summed E-state index contributed by atoms with van der Waals surface area (Å²) in [6.45, 7) is 2.71. The Morgan fingerprint density at radius 2 is 1.74 bits per heavy atom. The summed E-state index contributed by atoms with van der Waals surface area (Å²) in [7, 11) is 0. The van der Waals surface area contributed by atoms with Gasteiger partial charge >= 0.3 is 0 Å². The topological polar surface area (TPSA) is 36.3 Å². The second-order valence-corrected chi connectivity index (χ2v) is 4.59. The molecule has 1 heterocycles. The number of nitrogens with zero attached hydrogens (tertiary/aromatic N) is 1. The SMILES string of the molecule is N=C(c1ccc(F)c2ccccc12)N1CCOCC1. The zero-order chi connectivity index (χ0) is 13.2. The van der Waals surface area contributed by atoms with Crippen LogP contribution in [0.15, 0.2) is 36.4 Å². The Kier molecular flexibility index (Phi) is 3.17. The van der Waals surface area contributed by atoms with E-state index >= 15 is 0 Å². The summed E-state index contributed by atoms with van der Waals surface area (Å²) in [5, 5.41) is 9.68. The van der Waals surface area contributed by atoms with Crippen LogP contribution in [0, 0.1) is 11.2 Å². The van der Waals surface area contributed by atoms with Gasteiger partial charge in [-0.1, -0.05) is 24.3 Å². The van der Waals surface area contributed by atoms with Gasteiger partial charge in [0.15, 0.2) is 0 Å². The lowest BCUT2D eigenvalue weighted by atomic mass is 10.0. The quantitative estimate of drug-likeness (QED) is 0.630. The van der Waals surface area contributed by atoms with Gasteiger partial charge in [0.2, 0.25) is 0 Å². The van der Waals surface area contributed by atoms with E-state index in [1.807, 2.05) is 23.1 Å². The molecular weight excluding hydrogens is 243 g/mol. The van der Waals surface area contributed by atoms with Gasteiger partial charge in [0.25, 0.3) is 0 Å². The van der Waals surface area contributed by atoms with E-state index in [0.717, 1.165) is 10.9 Å². The maximum absolute atomic E-state index is 13.8. The molecule has 0 aromatic heterocycles. The first-order valence-corrected chi connectivity index (χ1v) is 6.36. The predicted octanol–water partition coefficient (Wildman–Crippen LogP) is 2.64. The fourth-order valence-electron chi connectivity index (χ4n) is 2.43. The fourth-order valence-corrected chi connectivity index (χ4v) is 2.43. The van der Waals surface area contributed by atoms with Crippen molar-refractivity contribution in [2.75, 3.05) is 26.3 Å². The first-order chi connectivity index (χ1) is 9.27. The molecule has 19 heavy (non-hydrogen) atoms. The molecule has 0 radical (unpaired) electrons. The van der Waals surface area contributed by atoms with Crippen molar-refractivity contribution in [3.05, 3.63) is 47.8 Å². The molecule has 0 unspecified atom stereocenters. The molecule has 3 nitrogen and oxygen atoms in total. The molecule has 1 saturated heterocycles. The minimum Gasteiger partial charge on any atom is -0.378 e. The van der Waals surface area contributed by atoms with Crippen LogP contribution in [0.3, 0.4) is 0 Å². The summed E-state index contributed by atoms with van der Waals surface area (Å²) in [4.78, 5) is 1.98. The van der Waals surface area contributed by atoms with Crippen LogP contribution in [0.4, 0.5) is 4.39 Å². The van der Waals surface area contributed by atoms with Gasteiger partial charge in [-0.05, 0) is 17.5 Å². The van der Waals surface area contributed by atoms with Crippen molar-refractivity contribution >= 4 is 16.6 Å².